The summed E-state index contributed by atoms with van der Waals surface area (Å²) in [6, 6.07) is 9.76. The molecule has 4 heteroatoms. The van der Waals surface area contributed by atoms with Crippen LogP contribution in [0.2, 0.25) is 0 Å². The number of hydrogen-bond acceptors (Lipinski definition) is 3. The summed E-state index contributed by atoms with van der Waals surface area (Å²) in [6.45, 7) is 0. The van der Waals surface area contributed by atoms with Gasteiger partial charge in [-0.1, -0.05) is 43.2 Å². The molecule has 0 spiro atoms. The number of hydrogen-bond donors (Lipinski definition) is 1. The van der Waals surface area contributed by atoms with E-state index in [1.165, 1.54) is 0 Å². The summed E-state index contributed by atoms with van der Waals surface area (Å²) < 4.78 is 5.54. The Balaban J connectivity index is 1.62. The van der Waals surface area contributed by atoms with Gasteiger partial charge in [0.25, 0.3) is 5.91 Å². The van der Waals surface area contributed by atoms with Crippen LogP contribution in [0.4, 0.5) is 0 Å². The van der Waals surface area contributed by atoms with Crippen molar-refractivity contribution in [2.24, 2.45) is 0 Å². The minimum atomic E-state index is -0.397. The third-order valence-electron chi connectivity index (χ3n) is 4.40. The molecular weight excluding hydrogens is 254 g/mol. The van der Waals surface area contributed by atoms with Gasteiger partial charge in [-0.25, -0.2) is 0 Å². The van der Waals surface area contributed by atoms with Crippen LogP contribution >= 0.6 is 0 Å². The SMILES string of the molecule is CN(C(=O)C1OC1c1ccccc1)[C@H]1CCCC[C@@H]1O. The van der Waals surface area contributed by atoms with Gasteiger partial charge < -0.3 is 14.7 Å². The Hall–Kier alpha value is -1.39. The lowest BCUT2D eigenvalue weighted by Crippen LogP contribution is -2.47. The van der Waals surface area contributed by atoms with Gasteiger partial charge >= 0.3 is 0 Å². The number of benzene rings is 1. The second-order valence-corrected chi connectivity index (χ2v) is 5.76. The van der Waals surface area contributed by atoms with Crippen molar-refractivity contribution in [1.29, 1.82) is 0 Å². The first-order valence-corrected chi connectivity index (χ1v) is 7.33. The molecule has 2 fully saturated rings. The van der Waals surface area contributed by atoms with E-state index in [-0.39, 0.29) is 24.2 Å². The highest BCUT2D eigenvalue weighted by Gasteiger charge is 2.48. The fraction of sp³-hybridized carbons (Fsp3) is 0.562. The van der Waals surface area contributed by atoms with Crippen molar-refractivity contribution in [1.82, 2.24) is 4.90 Å². The van der Waals surface area contributed by atoms with Crippen LogP contribution in [0.1, 0.15) is 37.4 Å². The van der Waals surface area contributed by atoms with Crippen molar-refractivity contribution >= 4 is 5.91 Å². The first-order chi connectivity index (χ1) is 9.68. The average molecular weight is 275 g/mol. The van der Waals surface area contributed by atoms with Gasteiger partial charge in [-0.05, 0) is 18.4 Å². The third-order valence-corrected chi connectivity index (χ3v) is 4.40. The molecule has 4 nitrogen and oxygen atoms in total. The van der Waals surface area contributed by atoms with E-state index in [0.717, 1.165) is 31.2 Å². The number of carbonyl (C=O) groups excluding carboxylic acids is 1. The van der Waals surface area contributed by atoms with E-state index < -0.39 is 6.10 Å². The third kappa shape index (κ3) is 2.58. The molecule has 1 saturated heterocycles. The molecule has 3 rings (SSSR count). The fourth-order valence-electron chi connectivity index (χ4n) is 3.10. The second kappa shape index (κ2) is 5.54. The van der Waals surface area contributed by atoms with Crippen molar-refractivity contribution in [3.63, 3.8) is 0 Å². The van der Waals surface area contributed by atoms with Gasteiger partial charge in [0.05, 0.1) is 12.1 Å². The largest absolute Gasteiger partial charge is 0.391 e. The van der Waals surface area contributed by atoms with Crippen molar-refractivity contribution < 1.29 is 14.6 Å². The van der Waals surface area contributed by atoms with Crippen LogP contribution in [0.15, 0.2) is 30.3 Å². The van der Waals surface area contributed by atoms with E-state index >= 15 is 0 Å². The molecule has 108 valence electrons. The normalized spacial score (nSPS) is 32.7. The minimum absolute atomic E-state index is 0.00944. The van der Waals surface area contributed by atoms with Gasteiger partial charge in [-0.2, -0.15) is 0 Å². The Kier molecular flexibility index (Phi) is 3.76. The molecule has 1 saturated carbocycles. The predicted octanol–water partition coefficient (Wildman–Crippen LogP) is 1.89. The summed E-state index contributed by atoms with van der Waals surface area (Å²) in [5.74, 6) is -0.00944. The Morgan fingerprint density at radius 1 is 1.25 bits per heavy atom. The predicted molar refractivity (Wildman–Crippen MR) is 75.1 cm³/mol. The molecular formula is C16H21NO3. The number of likely N-dealkylation sites (N-methyl/N-ethyl adjacent to an activating group) is 1. The van der Waals surface area contributed by atoms with E-state index in [9.17, 15) is 9.90 Å². The lowest BCUT2D eigenvalue weighted by atomic mass is 9.91. The fourth-order valence-corrected chi connectivity index (χ4v) is 3.10. The molecule has 1 aliphatic heterocycles. The molecule has 0 radical (unpaired) electrons. The number of carbonyl (C=O) groups is 1. The van der Waals surface area contributed by atoms with E-state index in [1.807, 2.05) is 30.3 Å². The summed E-state index contributed by atoms with van der Waals surface area (Å²) in [6.07, 6.45) is 2.90. The molecule has 1 aromatic carbocycles. The number of rotatable bonds is 3. The van der Waals surface area contributed by atoms with Crippen LogP contribution in [-0.2, 0) is 9.53 Å². The molecule has 1 aliphatic carbocycles. The quantitative estimate of drug-likeness (QED) is 0.857. The Morgan fingerprint density at radius 2 is 1.95 bits per heavy atom. The van der Waals surface area contributed by atoms with E-state index in [2.05, 4.69) is 0 Å². The summed E-state index contributed by atoms with van der Waals surface area (Å²) in [5.41, 5.74) is 1.04. The highest BCUT2D eigenvalue weighted by Crippen LogP contribution is 2.40. The van der Waals surface area contributed by atoms with Crippen molar-refractivity contribution in [2.75, 3.05) is 7.05 Å². The van der Waals surface area contributed by atoms with Crippen LogP contribution in [0.5, 0.6) is 0 Å². The molecule has 1 aromatic rings. The zero-order valence-electron chi connectivity index (χ0n) is 11.7. The number of epoxide rings is 1. The van der Waals surface area contributed by atoms with Gasteiger partial charge in [-0.3, -0.25) is 4.79 Å². The lowest BCUT2D eigenvalue weighted by Gasteiger charge is -2.35. The Morgan fingerprint density at radius 3 is 2.65 bits per heavy atom. The second-order valence-electron chi connectivity index (χ2n) is 5.76. The molecule has 2 aliphatic rings. The molecule has 1 heterocycles. The number of aliphatic hydroxyl groups excluding tert-OH is 1. The van der Waals surface area contributed by atoms with Gasteiger partial charge in [0, 0.05) is 7.05 Å². The summed E-state index contributed by atoms with van der Waals surface area (Å²) in [5, 5.41) is 10.0. The molecule has 1 amide bonds. The van der Waals surface area contributed by atoms with Crippen molar-refractivity contribution in [2.45, 2.75) is 50.0 Å². The molecule has 0 bridgehead atoms. The monoisotopic (exact) mass is 275 g/mol. The Bertz CT molecular complexity index is 476. The van der Waals surface area contributed by atoms with Crippen LogP contribution in [0.25, 0.3) is 0 Å². The van der Waals surface area contributed by atoms with Crippen LogP contribution < -0.4 is 0 Å². The maximum Gasteiger partial charge on any atom is 0.254 e. The molecule has 2 unspecified atom stereocenters. The van der Waals surface area contributed by atoms with Crippen LogP contribution in [0, 0.1) is 0 Å². The number of ether oxygens (including phenoxy) is 1. The van der Waals surface area contributed by atoms with Crippen molar-refractivity contribution in [3.05, 3.63) is 35.9 Å². The van der Waals surface area contributed by atoms with E-state index in [1.54, 1.807) is 11.9 Å². The summed E-state index contributed by atoms with van der Waals surface area (Å²) in [4.78, 5) is 14.1. The zero-order valence-corrected chi connectivity index (χ0v) is 11.7. The molecule has 4 atom stereocenters. The topological polar surface area (TPSA) is 53.1 Å². The van der Waals surface area contributed by atoms with E-state index in [0.29, 0.717) is 0 Å². The highest BCUT2D eigenvalue weighted by atomic mass is 16.6. The number of aliphatic hydroxyl groups is 1. The first-order valence-electron chi connectivity index (χ1n) is 7.33. The van der Waals surface area contributed by atoms with Gasteiger partial charge in [0.15, 0.2) is 6.10 Å². The zero-order chi connectivity index (χ0) is 14.1. The summed E-state index contributed by atoms with van der Waals surface area (Å²) >= 11 is 0. The van der Waals surface area contributed by atoms with Crippen LogP contribution in [-0.4, -0.2) is 41.2 Å². The molecule has 20 heavy (non-hydrogen) atoms. The molecule has 1 N–H and O–H groups in total. The average Bonchev–Trinajstić information content (AvgIpc) is 3.28. The summed E-state index contributed by atoms with van der Waals surface area (Å²) in [7, 11) is 1.78. The highest BCUT2D eigenvalue weighted by molar-refractivity contribution is 5.84. The van der Waals surface area contributed by atoms with Crippen LogP contribution in [0.3, 0.4) is 0 Å². The van der Waals surface area contributed by atoms with Crippen molar-refractivity contribution in [3.8, 4) is 0 Å². The minimum Gasteiger partial charge on any atom is -0.391 e. The maximum atomic E-state index is 12.4. The van der Waals surface area contributed by atoms with Gasteiger partial charge in [0.1, 0.15) is 6.10 Å². The van der Waals surface area contributed by atoms with Gasteiger partial charge in [-0.15, -0.1) is 0 Å². The number of amides is 1. The first kappa shape index (κ1) is 13.6. The van der Waals surface area contributed by atoms with E-state index in [4.69, 9.17) is 4.74 Å². The lowest BCUT2D eigenvalue weighted by molar-refractivity contribution is -0.136. The standard InChI is InChI=1S/C16H21NO3/c1-17(12-9-5-6-10-13(12)18)16(19)15-14(20-15)11-7-3-2-4-8-11/h2-4,7-8,12-15,18H,5-6,9-10H2,1H3/t12-,13-,14?,15?/m0/s1. The number of nitrogens with zero attached hydrogens (tertiary/aromatic N) is 1. The smallest absolute Gasteiger partial charge is 0.254 e. The van der Waals surface area contributed by atoms with Gasteiger partial charge in [0.2, 0.25) is 0 Å². The maximum absolute atomic E-state index is 12.4. The molecule has 0 aromatic heterocycles. The Labute approximate surface area is 119 Å².